The minimum atomic E-state index is 0.490. The van der Waals surface area contributed by atoms with E-state index >= 15 is 0 Å². The molecule has 0 aliphatic rings. The lowest BCUT2D eigenvalue weighted by Gasteiger charge is -2.12. The summed E-state index contributed by atoms with van der Waals surface area (Å²) in [7, 11) is 1.64. The number of benzene rings is 2. The van der Waals surface area contributed by atoms with E-state index in [9.17, 15) is 0 Å². The Hall–Kier alpha value is -2.82. The van der Waals surface area contributed by atoms with Crippen molar-refractivity contribution in [1.29, 1.82) is 0 Å². The minimum absolute atomic E-state index is 0.490. The molecule has 3 aromatic rings. The second-order valence-electron chi connectivity index (χ2n) is 4.66. The van der Waals surface area contributed by atoms with Crippen molar-refractivity contribution in [2.45, 2.75) is 6.92 Å². The molecular formula is C17H17N3O2. The van der Waals surface area contributed by atoms with Crippen molar-refractivity contribution in [1.82, 2.24) is 9.97 Å². The number of anilines is 2. The lowest BCUT2D eigenvalue weighted by molar-refractivity contribution is 0.329. The molecule has 0 unspecified atom stereocenters. The first kappa shape index (κ1) is 14.1. The maximum atomic E-state index is 5.61. The molecule has 5 nitrogen and oxygen atoms in total. The van der Waals surface area contributed by atoms with Crippen molar-refractivity contribution in [2.24, 2.45) is 0 Å². The summed E-state index contributed by atoms with van der Waals surface area (Å²) in [6, 6.07) is 15.3. The number of rotatable bonds is 5. The van der Waals surface area contributed by atoms with Crippen LogP contribution in [0.25, 0.3) is 11.0 Å². The van der Waals surface area contributed by atoms with Gasteiger partial charge in [0.15, 0.2) is 5.82 Å². The SMILES string of the molecule is CCOc1nc2ccccc2nc1Nc1cccc(OC)c1. The van der Waals surface area contributed by atoms with Gasteiger partial charge in [-0.15, -0.1) is 0 Å². The van der Waals surface area contributed by atoms with Crippen LogP contribution in [0.2, 0.25) is 0 Å². The van der Waals surface area contributed by atoms with Crippen LogP contribution in [-0.2, 0) is 0 Å². The molecule has 0 bridgehead atoms. The van der Waals surface area contributed by atoms with Crippen LogP contribution in [-0.4, -0.2) is 23.7 Å². The van der Waals surface area contributed by atoms with Gasteiger partial charge in [-0.3, -0.25) is 0 Å². The Labute approximate surface area is 128 Å². The average molecular weight is 295 g/mol. The second kappa shape index (κ2) is 6.30. The highest BCUT2D eigenvalue weighted by Crippen LogP contribution is 2.28. The van der Waals surface area contributed by atoms with Gasteiger partial charge in [0.05, 0.1) is 24.8 Å². The molecule has 0 radical (unpaired) electrons. The Morgan fingerprint density at radius 1 is 1.00 bits per heavy atom. The standard InChI is InChI=1S/C17H17N3O2/c1-3-22-17-16(18-12-7-6-8-13(11-12)21-2)19-14-9-4-5-10-15(14)20-17/h4-11H,3H2,1-2H3,(H,18,19). The molecule has 0 aliphatic heterocycles. The summed E-state index contributed by atoms with van der Waals surface area (Å²) >= 11 is 0. The first-order chi connectivity index (χ1) is 10.8. The van der Waals surface area contributed by atoms with Crippen molar-refractivity contribution >= 4 is 22.5 Å². The molecule has 0 saturated carbocycles. The van der Waals surface area contributed by atoms with E-state index in [1.54, 1.807) is 7.11 Å². The number of nitrogens with one attached hydrogen (secondary N) is 1. The van der Waals surface area contributed by atoms with E-state index in [0.717, 1.165) is 22.5 Å². The van der Waals surface area contributed by atoms with E-state index in [2.05, 4.69) is 15.3 Å². The Kier molecular flexibility index (Phi) is 4.05. The predicted molar refractivity (Wildman–Crippen MR) is 87.0 cm³/mol. The van der Waals surface area contributed by atoms with Crippen LogP contribution in [0, 0.1) is 0 Å². The first-order valence-electron chi connectivity index (χ1n) is 7.11. The molecule has 5 heteroatoms. The largest absolute Gasteiger partial charge is 0.497 e. The molecule has 112 valence electrons. The zero-order valence-corrected chi connectivity index (χ0v) is 12.5. The fourth-order valence-corrected chi connectivity index (χ4v) is 2.14. The van der Waals surface area contributed by atoms with E-state index in [4.69, 9.17) is 9.47 Å². The van der Waals surface area contributed by atoms with Crippen molar-refractivity contribution in [2.75, 3.05) is 19.0 Å². The summed E-state index contributed by atoms with van der Waals surface area (Å²) in [4.78, 5) is 9.13. The number of aromatic nitrogens is 2. The molecule has 0 spiro atoms. The molecule has 1 heterocycles. The molecule has 0 fully saturated rings. The average Bonchev–Trinajstić information content (AvgIpc) is 2.56. The summed E-state index contributed by atoms with van der Waals surface area (Å²) in [5.74, 6) is 1.86. The van der Waals surface area contributed by atoms with Gasteiger partial charge in [-0.05, 0) is 31.2 Å². The molecule has 3 rings (SSSR count). The molecule has 0 saturated heterocycles. The van der Waals surface area contributed by atoms with Gasteiger partial charge in [0.25, 0.3) is 5.88 Å². The fraction of sp³-hybridized carbons (Fsp3) is 0.176. The van der Waals surface area contributed by atoms with Gasteiger partial charge < -0.3 is 14.8 Å². The summed E-state index contributed by atoms with van der Waals surface area (Å²) in [5, 5.41) is 3.25. The molecule has 1 aromatic heterocycles. The van der Waals surface area contributed by atoms with Gasteiger partial charge in [0.1, 0.15) is 5.75 Å². The van der Waals surface area contributed by atoms with Crippen molar-refractivity contribution in [3.8, 4) is 11.6 Å². The van der Waals surface area contributed by atoms with Crippen molar-refractivity contribution < 1.29 is 9.47 Å². The number of nitrogens with zero attached hydrogens (tertiary/aromatic N) is 2. The van der Waals surface area contributed by atoms with E-state index in [-0.39, 0.29) is 0 Å². The molecule has 2 aromatic carbocycles. The number of ether oxygens (including phenoxy) is 2. The van der Waals surface area contributed by atoms with Gasteiger partial charge >= 0.3 is 0 Å². The molecule has 0 amide bonds. The zero-order chi connectivity index (χ0) is 15.4. The smallest absolute Gasteiger partial charge is 0.258 e. The number of fused-ring (bicyclic) bond motifs is 1. The highest BCUT2D eigenvalue weighted by atomic mass is 16.5. The lowest BCUT2D eigenvalue weighted by atomic mass is 10.3. The van der Waals surface area contributed by atoms with Gasteiger partial charge in [-0.1, -0.05) is 18.2 Å². The second-order valence-corrected chi connectivity index (χ2v) is 4.66. The van der Waals surface area contributed by atoms with Crippen molar-refractivity contribution in [3.05, 3.63) is 48.5 Å². The zero-order valence-electron chi connectivity index (χ0n) is 12.5. The van der Waals surface area contributed by atoms with E-state index in [0.29, 0.717) is 18.3 Å². The third kappa shape index (κ3) is 2.93. The number of hydrogen-bond donors (Lipinski definition) is 1. The topological polar surface area (TPSA) is 56.3 Å². The highest BCUT2D eigenvalue weighted by molar-refractivity contribution is 5.78. The molecular weight excluding hydrogens is 278 g/mol. The van der Waals surface area contributed by atoms with E-state index < -0.39 is 0 Å². The van der Waals surface area contributed by atoms with Gasteiger partial charge in [-0.25, -0.2) is 9.97 Å². The van der Waals surface area contributed by atoms with Crippen LogP contribution in [0.4, 0.5) is 11.5 Å². The maximum Gasteiger partial charge on any atom is 0.258 e. The number of hydrogen-bond acceptors (Lipinski definition) is 5. The van der Waals surface area contributed by atoms with Crippen LogP contribution in [0.3, 0.4) is 0 Å². The fourth-order valence-electron chi connectivity index (χ4n) is 2.14. The molecule has 1 N–H and O–H groups in total. The van der Waals surface area contributed by atoms with Gasteiger partial charge in [0, 0.05) is 11.8 Å². The Bertz CT molecular complexity index is 790. The number of para-hydroxylation sites is 2. The summed E-state index contributed by atoms with van der Waals surface area (Å²) in [6.45, 7) is 2.45. The summed E-state index contributed by atoms with van der Waals surface area (Å²) < 4.78 is 10.8. The predicted octanol–water partition coefficient (Wildman–Crippen LogP) is 3.78. The highest BCUT2D eigenvalue weighted by Gasteiger charge is 2.10. The third-order valence-corrected chi connectivity index (χ3v) is 3.15. The molecule has 22 heavy (non-hydrogen) atoms. The third-order valence-electron chi connectivity index (χ3n) is 3.15. The van der Waals surface area contributed by atoms with Crippen LogP contribution < -0.4 is 14.8 Å². The molecule has 0 aliphatic carbocycles. The van der Waals surface area contributed by atoms with Crippen LogP contribution in [0.15, 0.2) is 48.5 Å². The Balaban J connectivity index is 2.01. The Morgan fingerprint density at radius 3 is 2.50 bits per heavy atom. The van der Waals surface area contributed by atoms with Gasteiger partial charge in [-0.2, -0.15) is 0 Å². The van der Waals surface area contributed by atoms with Crippen LogP contribution in [0.1, 0.15) is 6.92 Å². The quantitative estimate of drug-likeness (QED) is 0.776. The lowest BCUT2D eigenvalue weighted by Crippen LogP contribution is -2.03. The van der Waals surface area contributed by atoms with Crippen molar-refractivity contribution in [3.63, 3.8) is 0 Å². The molecule has 0 atom stereocenters. The maximum absolute atomic E-state index is 5.61. The normalized spacial score (nSPS) is 10.5. The summed E-state index contributed by atoms with van der Waals surface area (Å²) in [5.41, 5.74) is 2.49. The number of methoxy groups -OCH3 is 1. The minimum Gasteiger partial charge on any atom is -0.497 e. The monoisotopic (exact) mass is 295 g/mol. The van der Waals surface area contributed by atoms with Crippen LogP contribution >= 0.6 is 0 Å². The van der Waals surface area contributed by atoms with E-state index in [1.165, 1.54) is 0 Å². The van der Waals surface area contributed by atoms with Gasteiger partial charge in [0.2, 0.25) is 0 Å². The first-order valence-corrected chi connectivity index (χ1v) is 7.11. The van der Waals surface area contributed by atoms with E-state index in [1.807, 2.05) is 55.5 Å². The van der Waals surface area contributed by atoms with Crippen LogP contribution in [0.5, 0.6) is 11.6 Å². The Morgan fingerprint density at radius 2 is 1.77 bits per heavy atom. The summed E-state index contributed by atoms with van der Waals surface area (Å²) in [6.07, 6.45) is 0.